The van der Waals surface area contributed by atoms with Gasteiger partial charge in [0.15, 0.2) is 0 Å². The SMILES string of the molecule is CCCC1NC(=O)CCN(Cc2cnn(C)c2)C1=O. The third-order valence-corrected chi connectivity index (χ3v) is 3.26. The lowest BCUT2D eigenvalue weighted by Gasteiger charge is -2.23. The number of hydrogen-bond acceptors (Lipinski definition) is 3. The van der Waals surface area contributed by atoms with Crippen molar-refractivity contribution in [2.75, 3.05) is 6.54 Å². The van der Waals surface area contributed by atoms with Crippen molar-refractivity contribution in [2.45, 2.75) is 38.8 Å². The number of carbonyl (C=O) groups excluding carboxylic acids is 2. The van der Waals surface area contributed by atoms with Crippen molar-refractivity contribution in [1.82, 2.24) is 20.0 Å². The van der Waals surface area contributed by atoms with Crippen LogP contribution in [0.5, 0.6) is 0 Å². The molecule has 0 spiro atoms. The van der Waals surface area contributed by atoms with E-state index in [1.807, 2.05) is 20.2 Å². The minimum atomic E-state index is -0.378. The van der Waals surface area contributed by atoms with Crippen LogP contribution in [0.25, 0.3) is 0 Å². The standard InChI is InChI=1S/C13H20N4O2/c1-3-4-11-13(19)17(6-5-12(18)15-11)9-10-7-14-16(2)8-10/h7-8,11H,3-6,9H2,1-2H3,(H,15,18). The Labute approximate surface area is 112 Å². The molecule has 1 atom stereocenters. The molecule has 1 fully saturated rings. The molecule has 6 heteroatoms. The molecule has 1 saturated heterocycles. The monoisotopic (exact) mass is 264 g/mol. The molecule has 1 aliphatic rings. The maximum Gasteiger partial charge on any atom is 0.245 e. The minimum absolute atomic E-state index is 0.0107. The summed E-state index contributed by atoms with van der Waals surface area (Å²) in [5.74, 6) is -0.0305. The smallest absolute Gasteiger partial charge is 0.245 e. The fourth-order valence-electron chi connectivity index (χ4n) is 2.31. The minimum Gasteiger partial charge on any atom is -0.344 e. The highest BCUT2D eigenvalue weighted by Crippen LogP contribution is 2.12. The fraction of sp³-hybridized carbons (Fsp3) is 0.615. The Morgan fingerprint density at radius 1 is 1.47 bits per heavy atom. The van der Waals surface area contributed by atoms with E-state index in [1.165, 1.54) is 0 Å². The first-order valence-electron chi connectivity index (χ1n) is 6.66. The van der Waals surface area contributed by atoms with Crippen LogP contribution in [-0.4, -0.2) is 39.1 Å². The van der Waals surface area contributed by atoms with E-state index in [9.17, 15) is 9.59 Å². The van der Waals surface area contributed by atoms with E-state index in [4.69, 9.17) is 0 Å². The summed E-state index contributed by atoms with van der Waals surface area (Å²) in [5.41, 5.74) is 0.987. The maximum absolute atomic E-state index is 12.4. The quantitative estimate of drug-likeness (QED) is 0.858. The number of rotatable bonds is 4. The summed E-state index contributed by atoms with van der Waals surface area (Å²) in [6.45, 7) is 3.00. The first-order chi connectivity index (χ1) is 9.10. The highest BCUT2D eigenvalue weighted by Gasteiger charge is 2.29. The molecule has 19 heavy (non-hydrogen) atoms. The van der Waals surface area contributed by atoms with E-state index in [0.717, 1.165) is 12.0 Å². The molecule has 2 rings (SSSR count). The van der Waals surface area contributed by atoms with Crippen molar-refractivity contribution in [1.29, 1.82) is 0 Å². The van der Waals surface area contributed by atoms with Gasteiger partial charge in [-0.15, -0.1) is 0 Å². The molecule has 2 heterocycles. The number of aryl methyl sites for hydroxylation is 1. The van der Waals surface area contributed by atoms with Gasteiger partial charge in [-0.2, -0.15) is 5.10 Å². The van der Waals surface area contributed by atoms with Crippen LogP contribution in [0.1, 0.15) is 31.7 Å². The molecule has 1 aromatic heterocycles. The summed E-state index contributed by atoms with van der Waals surface area (Å²) in [6, 6.07) is -0.378. The topological polar surface area (TPSA) is 67.2 Å². The molecular formula is C13H20N4O2. The van der Waals surface area contributed by atoms with Gasteiger partial charge in [-0.05, 0) is 6.42 Å². The van der Waals surface area contributed by atoms with Gasteiger partial charge < -0.3 is 10.2 Å². The molecule has 1 N–H and O–H groups in total. The van der Waals surface area contributed by atoms with Gasteiger partial charge in [0.25, 0.3) is 0 Å². The van der Waals surface area contributed by atoms with Crippen molar-refractivity contribution in [3.63, 3.8) is 0 Å². The van der Waals surface area contributed by atoms with E-state index in [1.54, 1.807) is 15.8 Å². The lowest BCUT2D eigenvalue weighted by atomic mass is 10.1. The van der Waals surface area contributed by atoms with Crippen molar-refractivity contribution in [3.8, 4) is 0 Å². The van der Waals surface area contributed by atoms with Crippen molar-refractivity contribution in [2.24, 2.45) is 7.05 Å². The zero-order chi connectivity index (χ0) is 13.8. The molecule has 0 radical (unpaired) electrons. The van der Waals surface area contributed by atoms with Gasteiger partial charge in [-0.25, -0.2) is 0 Å². The summed E-state index contributed by atoms with van der Waals surface area (Å²) in [6.07, 6.45) is 5.57. The van der Waals surface area contributed by atoms with E-state index in [-0.39, 0.29) is 17.9 Å². The summed E-state index contributed by atoms with van der Waals surface area (Å²) in [4.78, 5) is 25.7. The number of carbonyl (C=O) groups is 2. The molecule has 1 aromatic rings. The zero-order valence-electron chi connectivity index (χ0n) is 11.4. The number of aromatic nitrogens is 2. The van der Waals surface area contributed by atoms with Gasteiger partial charge in [0.2, 0.25) is 11.8 Å². The largest absolute Gasteiger partial charge is 0.344 e. The Kier molecular flexibility index (Phi) is 4.19. The van der Waals surface area contributed by atoms with Gasteiger partial charge in [-0.1, -0.05) is 13.3 Å². The second-order valence-electron chi connectivity index (χ2n) is 4.94. The first kappa shape index (κ1) is 13.6. The van der Waals surface area contributed by atoms with Gasteiger partial charge in [0.1, 0.15) is 6.04 Å². The maximum atomic E-state index is 12.4. The van der Waals surface area contributed by atoms with Crippen LogP contribution < -0.4 is 5.32 Å². The Morgan fingerprint density at radius 3 is 2.89 bits per heavy atom. The van der Waals surface area contributed by atoms with Crippen LogP contribution in [-0.2, 0) is 23.2 Å². The van der Waals surface area contributed by atoms with Gasteiger partial charge in [0, 0.05) is 38.3 Å². The average Bonchev–Trinajstić information content (AvgIpc) is 2.73. The molecule has 1 unspecified atom stereocenters. The second-order valence-corrected chi connectivity index (χ2v) is 4.94. The second kappa shape index (κ2) is 5.86. The van der Waals surface area contributed by atoms with Crippen molar-refractivity contribution < 1.29 is 9.59 Å². The number of amides is 2. The first-order valence-corrected chi connectivity index (χ1v) is 6.66. The van der Waals surface area contributed by atoms with Crippen LogP contribution in [0.15, 0.2) is 12.4 Å². The van der Waals surface area contributed by atoms with E-state index in [2.05, 4.69) is 10.4 Å². The molecule has 2 amide bonds. The van der Waals surface area contributed by atoms with E-state index < -0.39 is 0 Å². The van der Waals surface area contributed by atoms with Gasteiger partial charge in [0.05, 0.1) is 6.20 Å². The van der Waals surface area contributed by atoms with Gasteiger partial charge in [-0.3, -0.25) is 14.3 Å². The summed E-state index contributed by atoms with van der Waals surface area (Å²) < 4.78 is 1.71. The Morgan fingerprint density at radius 2 is 2.26 bits per heavy atom. The van der Waals surface area contributed by atoms with Crippen LogP contribution in [0.3, 0.4) is 0 Å². The molecule has 6 nitrogen and oxygen atoms in total. The van der Waals surface area contributed by atoms with E-state index in [0.29, 0.717) is 25.9 Å². The lowest BCUT2D eigenvalue weighted by Crippen LogP contribution is -2.44. The summed E-state index contributed by atoms with van der Waals surface area (Å²) in [7, 11) is 1.85. The normalized spacial score (nSPS) is 20.3. The predicted molar refractivity (Wildman–Crippen MR) is 70.1 cm³/mol. The Balaban J connectivity index is 2.09. The van der Waals surface area contributed by atoms with Crippen LogP contribution in [0.2, 0.25) is 0 Å². The van der Waals surface area contributed by atoms with Crippen LogP contribution in [0.4, 0.5) is 0 Å². The molecule has 0 bridgehead atoms. The van der Waals surface area contributed by atoms with Crippen LogP contribution in [0, 0.1) is 0 Å². The van der Waals surface area contributed by atoms with Crippen molar-refractivity contribution >= 4 is 11.8 Å². The zero-order valence-corrected chi connectivity index (χ0v) is 11.4. The number of hydrogen-bond donors (Lipinski definition) is 1. The van der Waals surface area contributed by atoms with E-state index >= 15 is 0 Å². The van der Waals surface area contributed by atoms with Crippen molar-refractivity contribution in [3.05, 3.63) is 18.0 Å². The third kappa shape index (κ3) is 3.33. The Bertz CT molecular complexity index is 469. The number of nitrogens with one attached hydrogen (secondary N) is 1. The van der Waals surface area contributed by atoms with Gasteiger partial charge >= 0.3 is 0 Å². The highest BCUT2D eigenvalue weighted by atomic mass is 16.2. The summed E-state index contributed by atoms with van der Waals surface area (Å²) >= 11 is 0. The summed E-state index contributed by atoms with van der Waals surface area (Å²) in [5, 5.41) is 6.90. The Hall–Kier alpha value is -1.85. The fourth-order valence-corrected chi connectivity index (χ4v) is 2.31. The molecule has 0 aromatic carbocycles. The molecule has 0 saturated carbocycles. The predicted octanol–water partition coefficient (Wildman–Crippen LogP) is 0.437. The molecule has 0 aliphatic carbocycles. The lowest BCUT2D eigenvalue weighted by molar-refractivity contribution is -0.134. The average molecular weight is 264 g/mol. The molecular weight excluding hydrogens is 244 g/mol. The van der Waals surface area contributed by atoms with Crippen LogP contribution >= 0.6 is 0 Å². The highest BCUT2D eigenvalue weighted by molar-refractivity contribution is 5.89. The molecule has 1 aliphatic heterocycles. The number of nitrogens with zero attached hydrogens (tertiary/aromatic N) is 3. The third-order valence-electron chi connectivity index (χ3n) is 3.26. The molecule has 104 valence electrons.